The van der Waals surface area contributed by atoms with Gasteiger partial charge < -0.3 is 14.2 Å². The van der Waals surface area contributed by atoms with Crippen molar-refractivity contribution in [2.24, 2.45) is 0 Å². The molecule has 0 aliphatic carbocycles. The fourth-order valence-corrected chi connectivity index (χ4v) is 0.634. The summed E-state index contributed by atoms with van der Waals surface area (Å²) in [4.78, 5) is 9.78. The Hall–Kier alpha value is -0.610. The van der Waals surface area contributed by atoms with Gasteiger partial charge in [0.2, 0.25) is 0 Å². The molecule has 0 N–H and O–H groups in total. The standard InChI is InChI=1S/C7H14O4/c1-3-10-7(11-4-2)5-9-6-8/h6-7H,3-5H2,1-2H3. The number of carbonyl (C=O) groups is 1. The van der Waals surface area contributed by atoms with E-state index in [-0.39, 0.29) is 6.61 Å². The van der Waals surface area contributed by atoms with E-state index in [9.17, 15) is 4.79 Å². The fraction of sp³-hybridized carbons (Fsp3) is 0.857. The molecule has 0 radical (unpaired) electrons. The maximum Gasteiger partial charge on any atom is 0.293 e. The van der Waals surface area contributed by atoms with E-state index < -0.39 is 6.29 Å². The number of hydrogen-bond acceptors (Lipinski definition) is 4. The third kappa shape index (κ3) is 5.82. The number of rotatable bonds is 7. The zero-order valence-corrected chi connectivity index (χ0v) is 6.91. The molecule has 0 aromatic heterocycles. The number of hydrogen-bond donors (Lipinski definition) is 0. The van der Waals surface area contributed by atoms with E-state index in [0.29, 0.717) is 19.7 Å². The minimum absolute atomic E-state index is 0.158. The largest absolute Gasteiger partial charge is 0.462 e. The summed E-state index contributed by atoms with van der Waals surface area (Å²) in [6, 6.07) is 0. The summed E-state index contributed by atoms with van der Waals surface area (Å²) < 4.78 is 14.6. The third-order valence-electron chi connectivity index (χ3n) is 1.01. The number of ether oxygens (including phenoxy) is 3. The first kappa shape index (κ1) is 10.4. The lowest BCUT2D eigenvalue weighted by Crippen LogP contribution is -2.23. The van der Waals surface area contributed by atoms with Gasteiger partial charge in [-0.3, -0.25) is 4.79 Å². The van der Waals surface area contributed by atoms with Crippen LogP contribution in [0, 0.1) is 0 Å². The first-order valence-corrected chi connectivity index (χ1v) is 3.63. The van der Waals surface area contributed by atoms with Gasteiger partial charge in [-0.15, -0.1) is 0 Å². The molecule has 4 nitrogen and oxygen atoms in total. The molecule has 0 spiro atoms. The van der Waals surface area contributed by atoms with E-state index >= 15 is 0 Å². The Labute approximate surface area is 66.4 Å². The summed E-state index contributed by atoms with van der Waals surface area (Å²) >= 11 is 0. The van der Waals surface area contributed by atoms with Gasteiger partial charge in [-0.25, -0.2) is 0 Å². The van der Waals surface area contributed by atoms with Gasteiger partial charge in [0.15, 0.2) is 6.29 Å². The molecule has 0 atom stereocenters. The molecule has 0 unspecified atom stereocenters. The molecule has 0 fully saturated rings. The minimum Gasteiger partial charge on any atom is -0.462 e. The van der Waals surface area contributed by atoms with Crippen LogP contribution < -0.4 is 0 Å². The lowest BCUT2D eigenvalue weighted by molar-refractivity contribution is -0.171. The zero-order chi connectivity index (χ0) is 8.53. The van der Waals surface area contributed by atoms with Crippen molar-refractivity contribution in [3.8, 4) is 0 Å². The van der Waals surface area contributed by atoms with Gasteiger partial charge in [-0.2, -0.15) is 0 Å². The smallest absolute Gasteiger partial charge is 0.293 e. The van der Waals surface area contributed by atoms with Gasteiger partial charge in [-0.1, -0.05) is 0 Å². The van der Waals surface area contributed by atoms with Gasteiger partial charge in [0.25, 0.3) is 6.47 Å². The summed E-state index contributed by atoms with van der Waals surface area (Å²) in [5, 5.41) is 0. The van der Waals surface area contributed by atoms with E-state index in [4.69, 9.17) is 9.47 Å². The maximum absolute atomic E-state index is 9.78. The second-order valence-electron chi connectivity index (χ2n) is 1.77. The molecule has 0 bridgehead atoms. The predicted molar refractivity (Wildman–Crippen MR) is 39.1 cm³/mol. The van der Waals surface area contributed by atoms with Crippen molar-refractivity contribution >= 4 is 6.47 Å². The van der Waals surface area contributed by atoms with Crippen molar-refractivity contribution in [1.82, 2.24) is 0 Å². The Kier molecular flexibility index (Phi) is 7.08. The number of carbonyl (C=O) groups excluding carboxylic acids is 1. The maximum atomic E-state index is 9.78. The molecule has 0 saturated heterocycles. The summed E-state index contributed by atoms with van der Waals surface area (Å²) in [7, 11) is 0. The van der Waals surface area contributed by atoms with E-state index in [1.165, 1.54) is 0 Å². The first-order chi connectivity index (χ1) is 5.35. The SMILES string of the molecule is CCOC(COC=O)OCC. The van der Waals surface area contributed by atoms with Gasteiger partial charge in [0.05, 0.1) is 0 Å². The Balaban J connectivity index is 3.41. The highest BCUT2D eigenvalue weighted by Crippen LogP contribution is 1.94. The summed E-state index contributed by atoms with van der Waals surface area (Å²) in [6.45, 7) is 5.34. The Morgan fingerprint density at radius 3 is 2.18 bits per heavy atom. The highest BCUT2D eigenvalue weighted by molar-refractivity contribution is 5.36. The highest BCUT2D eigenvalue weighted by Gasteiger charge is 2.06. The molecule has 0 amide bonds. The summed E-state index contributed by atoms with van der Waals surface area (Å²) in [5.74, 6) is 0. The monoisotopic (exact) mass is 162 g/mol. The Morgan fingerprint density at radius 1 is 1.27 bits per heavy atom. The lowest BCUT2D eigenvalue weighted by atomic mass is 10.6. The van der Waals surface area contributed by atoms with Crippen LogP contribution in [0.4, 0.5) is 0 Å². The summed E-state index contributed by atoms with van der Waals surface area (Å²) in [6.07, 6.45) is -0.421. The average Bonchev–Trinajstić information content (AvgIpc) is 2.01. The molecule has 0 heterocycles. The lowest BCUT2D eigenvalue weighted by Gasteiger charge is -2.14. The average molecular weight is 162 g/mol. The van der Waals surface area contributed by atoms with E-state index in [1.54, 1.807) is 0 Å². The third-order valence-corrected chi connectivity index (χ3v) is 1.01. The quantitative estimate of drug-likeness (QED) is 0.405. The second-order valence-corrected chi connectivity index (χ2v) is 1.77. The topological polar surface area (TPSA) is 44.8 Å². The Morgan fingerprint density at radius 2 is 1.82 bits per heavy atom. The van der Waals surface area contributed by atoms with Crippen LogP contribution in [0.15, 0.2) is 0 Å². The second kappa shape index (κ2) is 7.50. The predicted octanol–water partition coefficient (Wildman–Crippen LogP) is 0.558. The molecule has 4 heteroatoms. The normalized spacial score (nSPS) is 10.1. The summed E-state index contributed by atoms with van der Waals surface area (Å²) in [5.41, 5.74) is 0. The van der Waals surface area contributed by atoms with Crippen LogP contribution in [-0.2, 0) is 19.0 Å². The van der Waals surface area contributed by atoms with Crippen molar-refractivity contribution < 1.29 is 19.0 Å². The highest BCUT2D eigenvalue weighted by atomic mass is 16.7. The van der Waals surface area contributed by atoms with Crippen LogP contribution in [-0.4, -0.2) is 32.6 Å². The molecule has 0 aliphatic rings. The molecule has 0 aromatic carbocycles. The van der Waals surface area contributed by atoms with E-state index in [1.807, 2.05) is 13.8 Å². The van der Waals surface area contributed by atoms with Gasteiger partial charge >= 0.3 is 0 Å². The molecular formula is C7H14O4. The van der Waals surface area contributed by atoms with E-state index in [0.717, 1.165) is 0 Å². The van der Waals surface area contributed by atoms with Crippen molar-refractivity contribution in [3.63, 3.8) is 0 Å². The van der Waals surface area contributed by atoms with Crippen LogP contribution in [0.2, 0.25) is 0 Å². The van der Waals surface area contributed by atoms with Crippen LogP contribution in [0.1, 0.15) is 13.8 Å². The van der Waals surface area contributed by atoms with Crippen LogP contribution >= 0.6 is 0 Å². The van der Waals surface area contributed by atoms with Crippen molar-refractivity contribution in [1.29, 1.82) is 0 Å². The molecule has 0 rings (SSSR count). The van der Waals surface area contributed by atoms with E-state index in [2.05, 4.69) is 4.74 Å². The molecule has 66 valence electrons. The molecule has 0 aromatic rings. The fourth-order valence-electron chi connectivity index (χ4n) is 0.634. The molecular weight excluding hydrogens is 148 g/mol. The van der Waals surface area contributed by atoms with Crippen molar-refractivity contribution in [2.45, 2.75) is 20.1 Å². The minimum atomic E-state index is -0.421. The zero-order valence-electron chi connectivity index (χ0n) is 6.91. The molecule has 0 saturated carbocycles. The van der Waals surface area contributed by atoms with Crippen molar-refractivity contribution in [3.05, 3.63) is 0 Å². The molecule has 0 aliphatic heterocycles. The molecule has 11 heavy (non-hydrogen) atoms. The van der Waals surface area contributed by atoms with Gasteiger partial charge in [0.1, 0.15) is 6.61 Å². The van der Waals surface area contributed by atoms with Crippen LogP contribution in [0.25, 0.3) is 0 Å². The van der Waals surface area contributed by atoms with Crippen LogP contribution in [0.3, 0.4) is 0 Å². The Bertz CT molecular complexity index is 88.4. The van der Waals surface area contributed by atoms with Gasteiger partial charge in [-0.05, 0) is 13.8 Å². The van der Waals surface area contributed by atoms with Crippen molar-refractivity contribution in [2.75, 3.05) is 19.8 Å². The van der Waals surface area contributed by atoms with Crippen LogP contribution in [0.5, 0.6) is 0 Å². The first-order valence-electron chi connectivity index (χ1n) is 3.63. The van der Waals surface area contributed by atoms with Gasteiger partial charge in [0, 0.05) is 13.2 Å².